The molecule has 0 unspecified atom stereocenters. The van der Waals surface area contributed by atoms with Gasteiger partial charge in [-0.1, -0.05) is 13.8 Å². The van der Waals surface area contributed by atoms with E-state index in [0.717, 1.165) is 18.2 Å². The molecule has 0 heterocycles. The highest BCUT2D eigenvalue weighted by Crippen LogP contribution is 2.18. The van der Waals surface area contributed by atoms with Crippen LogP contribution in [0.1, 0.15) is 30.6 Å². The molecule has 1 rings (SSSR count). The van der Waals surface area contributed by atoms with Crippen LogP contribution in [0.15, 0.2) is 18.2 Å². The van der Waals surface area contributed by atoms with Crippen molar-refractivity contribution >= 4 is 17.6 Å². The van der Waals surface area contributed by atoms with Gasteiger partial charge in [0.2, 0.25) is 5.82 Å². The molecule has 0 spiro atoms. The number of nitrogens with one attached hydrogen (secondary N) is 1. The Labute approximate surface area is 119 Å². The number of aliphatic carboxylic acids is 1. The number of nitro benzene ring substituents is 1. The van der Waals surface area contributed by atoms with E-state index in [1.807, 2.05) is 0 Å². The second-order valence-electron chi connectivity index (χ2n) is 4.92. The maximum atomic E-state index is 13.2. The fourth-order valence-electron chi connectivity index (χ4n) is 1.73. The Balaban J connectivity index is 2.95. The molecule has 114 valence electrons. The van der Waals surface area contributed by atoms with Gasteiger partial charge in [-0.3, -0.25) is 14.9 Å². The lowest BCUT2D eigenvalue weighted by Gasteiger charge is -2.16. The third kappa shape index (κ3) is 4.51. The summed E-state index contributed by atoms with van der Waals surface area (Å²) in [6.07, 6.45) is 0.213. The summed E-state index contributed by atoms with van der Waals surface area (Å²) in [4.78, 5) is 32.6. The molecule has 0 aliphatic carbocycles. The van der Waals surface area contributed by atoms with E-state index in [9.17, 15) is 24.1 Å². The number of carboxylic acids is 1. The summed E-state index contributed by atoms with van der Waals surface area (Å²) in [5.74, 6) is -3.03. The van der Waals surface area contributed by atoms with Crippen molar-refractivity contribution in [2.45, 2.75) is 26.3 Å². The van der Waals surface area contributed by atoms with E-state index in [1.54, 1.807) is 13.8 Å². The Morgan fingerprint density at radius 2 is 2.05 bits per heavy atom. The third-order valence-electron chi connectivity index (χ3n) is 2.72. The summed E-state index contributed by atoms with van der Waals surface area (Å²) in [6, 6.07) is 1.53. The van der Waals surface area contributed by atoms with Gasteiger partial charge in [0.05, 0.1) is 4.92 Å². The van der Waals surface area contributed by atoms with Crippen LogP contribution in [-0.4, -0.2) is 27.9 Å². The third-order valence-corrected chi connectivity index (χ3v) is 2.72. The number of halogens is 1. The van der Waals surface area contributed by atoms with Crippen LogP contribution in [-0.2, 0) is 4.79 Å². The average Bonchev–Trinajstić information content (AvgIpc) is 2.37. The van der Waals surface area contributed by atoms with E-state index >= 15 is 0 Å². The van der Waals surface area contributed by atoms with Gasteiger partial charge in [0.25, 0.3) is 5.91 Å². The van der Waals surface area contributed by atoms with E-state index in [-0.39, 0.29) is 17.9 Å². The zero-order valence-electron chi connectivity index (χ0n) is 11.5. The Morgan fingerprint density at radius 1 is 1.43 bits per heavy atom. The largest absolute Gasteiger partial charge is 0.480 e. The molecule has 8 heteroatoms. The smallest absolute Gasteiger partial charge is 0.326 e. The van der Waals surface area contributed by atoms with Crippen LogP contribution in [0.5, 0.6) is 0 Å². The molecule has 1 amide bonds. The van der Waals surface area contributed by atoms with Gasteiger partial charge in [0.15, 0.2) is 0 Å². The highest BCUT2D eigenvalue weighted by atomic mass is 19.1. The number of carboxylic acid groups (broad SMARTS) is 1. The van der Waals surface area contributed by atoms with Crippen molar-refractivity contribution in [3.8, 4) is 0 Å². The predicted molar refractivity (Wildman–Crippen MR) is 71.4 cm³/mol. The molecule has 0 bridgehead atoms. The topological polar surface area (TPSA) is 110 Å². The monoisotopic (exact) mass is 298 g/mol. The molecule has 1 atom stereocenters. The molecule has 0 saturated carbocycles. The van der Waals surface area contributed by atoms with E-state index in [0.29, 0.717) is 0 Å². The first-order valence-electron chi connectivity index (χ1n) is 6.20. The molecule has 0 aliphatic rings. The molecule has 0 aromatic heterocycles. The van der Waals surface area contributed by atoms with Crippen LogP contribution in [0, 0.1) is 21.8 Å². The minimum Gasteiger partial charge on any atom is -0.480 e. The average molecular weight is 298 g/mol. The van der Waals surface area contributed by atoms with Gasteiger partial charge < -0.3 is 10.4 Å². The number of carbonyl (C=O) groups excluding carboxylic acids is 1. The van der Waals surface area contributed by atoms with Crippen molar-refractivity contribution in [3.63, 3.8) is 0 Å². The number of amides is 1. The number of rotatable bonds is 6. The molecule has 0 aliphatic heterocycles. The molecule has 2 N–H and O–H groups in total. The Morgan fingerprint density at radius 3 is 2.52 bits per heavy atom. The van der Waals surface area contributed by atoms with Gasteiger partial charge in [-0.25, -0.2) is 4.79 Å². The second kappa shape index (κ2) is 6.78. The zero-order chi connectivity index (χ0) is 16.2. The second-order valence-corrected chi connectivity index (χ2v) is 4.92. The van der Waals surface area contributed by atoms with Gasteiger partial charge in [-0.05, 0) is 24.5 Å². The van der Waals surface area contributed by atoms with Crippen LogP contribution in [0.3, 0.4) is 0 Å². The minimum atomic E-state index is -1.20. The molecular weight excluding hydrogens is 283 g/mol. The molecular formula is C13H15FN2O5. The highest BCUT2D eigenvalue weighted by Gasteiger charge is 2.23. The van der Waals surface area contributed by atoms with Crippen LogP contribution < -0.4 is 5.32 Å². The first-order valence-corrected chi connectivity index (χ1v) is 6.20. The van der Waals surface area contributed by atoms with Crippen molar-refractivity contribution in [2.24, 2.45) is 5.92 Å². The summed E-state index contributed by atoms with van der Waals surface area (Å²) < 4.78 is 13.2. The summed E-state index contributed by atoms with van der Waals surface area (Å²) in [7, 11) is 0. The zero-order valence-corrected chi connectivity index (χ0v) is 11.5. The number of hydrogen-bond acceptors (Lipinski definition) is 4. The van der Waals surface area contributed by atoms with Crippen LogP contribution in [0.2, 0.25) is 0 Å². The van der Waals surface area contributed by atoms with E-state index < -0.39 is 34.3 Å². The van der Waals surface area contributed by atoms with Crippen molar-refractivity contribution < 1.29 is 24.0 Å². The van der Waals surface area contributed by atoms with Gasteiger partial charge >= 0.3 is 11.7 Å². The highest BCUT2D eigenvalue weighted by molar-refractivity contribution is 5.97. The lowest BCUT2D eigenvalue weighted by Crippen LogP contribution is -2.41. The van der Waals surface area contributed by atoms with Crippen molar-refractivity contribution in [1.29, 1.82) is 0 Å². The Bertz CT molecular complexity index is 574. The van der Waals surface area contributed by atoms with Crippen molar-refractivity contribution in [1.82, 2.24) is 5.32 Å². The van der Waals surface area contributed by atoms with Crippen molar-refractivity contribution in [3.05, 3.63) is 39.7 Å². The molecule has 0 saturated heterocycles. The fourth-order valence-corrected chi connectivity index (χ4v) is 1.73. The van der Waals surface area contributed by atoms with E-state index in [1.165, 1.54) is 0 Å². The van der Waals surface area contributed by atoms with E-state index in [2.05, 4.69) is 5.32 Å². The summed E-state index contributed by atoms with van der Waals surface area (Å²) >= 11 is 0. The maximum absolute atomic E-state index is 13.2. The van der Waals surface area contributed by atoms with E-state index in [4.69, 9.17) is 5.11 Å². The SMILES string of the molecule is CC(C)C[C@H](NC(=O)c1ccc(F)c([N+](=O)[O-])c1)C(=O)O. The lowest BCUT2D eigenvalue weighted by atomic mass is 10.0. The Kier molecular flexibility index (Phi) is 5.34. The molecule has 1 aromatic rings. The quantitative estimate of drug-likeness (QED) is 0.616. The predicted octanol–water partition coefficient (Wildman–Crippen LogP) is 1.96. The number of nitrogens with zero attached hydrogens (tertiary/aromatic N) is 1. The number of carbonyl (C=O) groups is 2. The maximum Gasteiger partial charge on any atom is 0.326 e. The van der Waals surface area contributed by atoms with Gasteiger partial charge in [0.1, 0.15) is 6.04 Å². The lowest BCUT2D eigenvalue weighted by molar-refractivity contribution is -0.387. The standard InChI is InChI=1S/C13H15FN2O5/c1-7(2)5-10(13(18)19)15-12(17)8-3-4-9(14)11(6-8)16(20)21/h3-4,6-7,10H,5H2,1-2H3,(H,15,17)(H,18,19)/t10-/m0/s1. The molecule has 0 radical (unpaired) electrons. The summed E-state index contributed by atoms with van der Waals surface area (Å²) in [5, 5.41) is 21.9. The van der Waals surface area contributed by atoms with Crippen LogP contribution >= 0.6 is 0 Å². The van der Waals surface area contributed by atoms with Gasteiger partial charge in [0, 0.05) is 11.6 Å². The first-order chi connectivity index (χ1) is 9.72. The van der Waals surface area contributed by atoms with Gasteiger partial charge in [-0.15, -0.1) is 0 Å². The normalized spacial score (nSPS) is 12.0. The molecule has 21 heavy (non-hydrogen) atoms. The Hall–Kier alpha value is -2.51. The summed E-state index contributed by atoms with van der Waals surface area (Å²) in [5.41, 5.74) is -1.00. The van der Waals surface area contributed by atoms with Crippen LogP contribution in [0.4, 0.5) is 10.1 Å². The van der Waals surface area contributed by atoms with Crippen LogP contribution in [0.25, 0.3) is 0 Å². The molecule has 0 fully saturated rings. The number of benzene rings is 1. The molecule has 7 nitrogen and oxygen atoms in total. The fraction of sp³-hybridized carbons (Fsp3) is 0.385. The minimum absolute atomic E-state index is 0.0361. The van der Waals surface area contributed by atoms with Crippen molar-refractivity contribution in [2.75, 3.05) is 0 Å². The number of hydrogen-bond donors (Lipinski definition) is 2. The molecule has 1 aromatic carbocycles. The first kappa shape index (κ1) is 16.5. The summed E-state index contributed by atoms with van der Waals surface area (Å²) in [6.45, 7) is 3.59. The number of nitro groups is 1. The van der Waals surface area contributed by atoms with Gasteiger partial charge in [-0.2, -0.15) is 4.39 Å².